The van der Waals surface area contributed by atoms with Crippen LogP contribution < -0.4 is 18.9 Å². The van der Waals surface area contributed by atoms with Gasteiger partial charge in [0.25, 0.3) is 0 Å². The lowest BCUT2D eigenvalue weighted by Crippen LogP contribution is -2.30. The van der Waals surface area contributed by atoms with Gasteiger partial charge in [0.1, 0.15) is 49.4 Å². The molecule has 0 spiro atoms. The Morgan fingerprint density at radius 2 is 0.750 bits per heavy atom. The summed E-state index contributed by atoms with van der Waals surface area (Å²) < 4.78 is 35.3. The molecule has 56 heavy (non-hydrogen) atoms. The molecule has 2 atom stereocenters. The highest BCUT2D eigenvalue weighted by Crippen LogP contribution is 2.32. The van der Waals surface area contributed by atoms with E-state index in [1.807, 2.05) is 158 Å². The van der Waals surface area contributed by atoms with E-state index in [4.69, 9.17) is 28.4 Å². The number of carbonyl (C=O) groups is 2. The van der Waals surface area contributed by atoms with Crippen LogP contribution in [0.3, 0.4) is 0 Å². The van der Waals surface area contributed by atoms with Gasteiger partial charge in [0.15, 0.2) is 12.2 Å². The number of carbonyl (C=O) groups excluding carboxylic acids is 2. The molecule has 0 saturated heterocycles. The third-order valence-electron chi connectivity index (χ3n) is 8.61. The monoisotopic (exact) mass is 746 g/mol. The van der Waals surface area contributed by atoms with Gasteiger partial charge in [-0.25, -0.2) is 9.59 Å². The van der Waals surface area contributed by atoms with Gasteiger partial charge in [-0.1, -0.05) is 128 Å². The summed E-state index contributed by atoms with van der Waals surface area (Å²) in [5.41, 5.74) is 6.05. The van der Waals surface area contributed by atoms with Crippen LogP contribution in [-0.2, 0) is 19.1 Å². The maximum atomic E-state index is 12.2. The normalized spacial score (nSPS) is 11.6. The lowest BCUT2D eigenvalue weighted by atomic mass is 10.0. The molecule has 0 amide bonds. The quantitative estimate of drug-likeness (QED) is 0.0598. The van der Waals surface area contributed by atoms with E-state index < -0.39 is 24.1 Å². The van der Waals surface area contributed by atoms with E-state index in [9.17, 15) is 9.59 Å². The summed E-state index contributed by atoms with van der Waals surface area (Å²) in [5, 5.41) is 0. The zero-order chi connectivity index (χ0) is 39.0. The second kappa shape index (κ2) is 19.9. The van der Waals surface area contributed by atoms with Gasteiger partial charge in [-0.3, -0.25) is 0 Å². The van der Waals surface area contributed by atoms with Crippen molar-refractivity contribution in [1.29, 1.82) is 0 Å². The van der Waals surface area contributed by atoms with Gasteiger partial charge in [0.2, 0.25) is 0 Å². The summed E-state index contributed by atoms with van der Waals surface area (Å²) in [6.07, 6.45) is 0.824. The largest absolute Gasteiger partial charge is 0.490 e. The SMILES string of the molecule is C=CC(=O)OC(COc1ccc(-c2ccccc2)cc1)COc1ccc(-c2ccccc2OCC(COc2ccc(-c3ccccc3)cc2)OC(=O)C=C)cc1. The Bertz CT molecular complexity index is 2160. The minimum Gasteiger partial charge on any atom is -0.490 e. The Kier molecular flexibility index (Phi) is 13.7. The molecular formula is C48H42O8. The first-order chi connectivity index (χ1) is 27.5. The third-order valence-corrected chi connectivity index (χ3v) is 8.61. The first-order valence-corrected chi connectivity index (χ1v) is 18.1. The molecule has 0 aliphatic heterocycles. The molecule has 0 heterocycles. The smallest absolute Gasteiger partial charge is 0.330 e. The molecule has 6 aromatic carbocycles. The van der Waals surface area contributed by atoms with Gasteiger partial charge >= 0.3 is 11.9 Å². The van der Waals surface area contributed by atoms with Crippen LogP contribution in [0.4, 0.5) is 0 Å². The van der Waals surface area contributed by atoms with E-state index >= 15 is 0 Å². The Morgan fingerprint density at radius 1 is 0.411 bits per heavy atom. The number of ether oxygens (including phenoxy) is 6. The average molecular weight is 747 g/mol. The van der Waals surface area contributed by atoms with Crippen molar-refractivity contribution in [2.75, 3.05) is 26.4 Å². The van der Waals surface area contributed by atoms with E-state index in [0.717, 1.165) is 45.5 Å². The van der Waals surface area contributed by atoms with Gasteiger partial charge in [0, 0.05) is 17.7 Å². The predicted molar refractivity (Wildman–Crippen MR) is 218 cm³/mol. The van der Waals surface area contributed by atoms with Crippen molar-refractivity contribution in [3.05, 3.63) is 183 Å². The number of hydrogen-bond acceptors (Lipinski definition) is 8. The van der Waals surface area contributed by atoms with Crippen molar-refractivity contribution in [3.63, 3.8) is 0 Å². The Hall–Kier alpha value is -7.06. The highest BCUT2D eigenvalue weighted by Gasteiger charge is 2.18. The Morgan fingerprint density at radius 3 is 1.16 bits per heavy atom. The molecule has 0 aromatic heterocycles. The summed E-state index contributed by atoms with van der Waals surface area (Å²) in [7, 11) is 0. The molecule has 2 unspecified atom stereocenters. The van der Waals surface area contributed by atoms with Crippen molar-refractivity contribution in [1.82, 2.24) is 0 Å². The molecule has 0 fully saturated rings. The van der Waals surface area contributed by atoms with Crippen LogP contribution >= 0.6 is 0 Å². The molecule has 0 N–H and O–H groups in total. The van der Waals surface area contributed by atoms with Crippen molar-refractivity contribution < 1.29 is 38.0 Å². The second-order valence-corrected chi connectivity index (χ2v) is 12.6. The molecule has 282 valence electrons. The number of rotatable bonds is 19. The lowest BCUT2D eigenvalue weighted by Gasteiger charge is -2.20. The van der Waals surface area contributed by atoms with E-state index in [0.29, 0.717) is 23.0 Å². The molecule has 8 nitrogen and oxygen atoms in total. The molecule has 0 radical (unpaired) electrons. The van der Waals surface area contributed by atoms with Gasteiger partial charge in [-0.05, 0) is 70.3 Å². The predicted octanol–water partition coefficient (Wildman–Crippen LogP) is 9.80. The zero-order valence-electron chi connectivity index (χ0n) is 30.8. The Labute approximate surface area is 327 Å². The molecule has 8 heteroatoms. The van der Waals surface area contributed by atoms with Crippen molar-refractivity contribution in [2.24, 2.45) is 0 Å². The molecule has 6 aromatic rings. The minimum atomic E-state index is -0.709. The fourth-order valence-corrected chi connectivity index (χ4v) is 5.72. The molecule has 0 aliphatic rings. The number of benzene rings is 6. The third kappa shape index (κ3) is 11.2. The van der Waals surface area contributed by atoms with Crippen LogP contribution in [0.15, 0.2) is 183 Å². The van der Waals surface area contributed by atoms with Crippen LogP contribution in [0.25, 0.3) is 33.4 Å². The lowest BCUT2D eigenvalue weighted by molar-refractivity contribution is -0.147. The average Bonchev–Trinajstić information content (AvgIpc) is 3.26. The highest BCUT2D eigenvalue weighted by molar-refractivity contribution is 5.81. The summed E-state index contributed by atoms with van der Waals surface area (Å²) in [6, 6.07) is 50.6. The van der Waals surface area contributed by atoms with Crippen molar-refractivity contribution in [3.8, 4) is 56.4 Å². The summed E-state index contributed by atoms with van der Waals surface area (Å²) >= 11 is 0. The zero-order valence-corrected chi connectivity index (χ0v) is 30.8. The minimum absolute atomic E-state index is 0.0456. The maximum absolute atomic E-state index is 12.2. The first kappa shape index (κ1) is 38.7. The van der Waals surface area contributed by atoms with Crippen molar-refractivity contribution >= 4 is 11.9 Å². The summed E-state index contributed by atoms with van der Waals surface area (Å²) in [6.45, 7) is 7.30. The second-order valence-electron chi connectivity index (χ2n) is 12.6. The fourth-order valence-electron chi connectivity index (χ4n) is 5.72. The van der Waals surface area contributed by atoms with Gasteiger partial charge in [-0.15, -0.1) is 0 Å². The first-order valence-electron chi connectivity index (χ1n) is 18.1. The van der Waals surface area contributed by atoms with E-state index in [1.54, 1.807) is 0 Å². The van der Waals surface area contributed by atoms with Gasteiger partial charge < -0.3 is 28.4 Å². The van der Waals surface area contributed by atoms with Gasteiger partial charge in [0.05, 0.1) is 0 Å². The molecule has 0 aliphatic carbocycles. The fraction of sp³-hybridized carbons (Fsp3) is 0.125. The van der Waals surface area contributed by atoms with E-state index in [2.05, 4.69) is 13.2 Å². The summed E-state index contributed by atoms with van der Waals surface area (Å²) in [5.74, 6) is 1.30. The van der Waals surface area contributed by atoms with Crippen molar-refractivity contribution in [2.45, 2.75) is 12.2 Å². The number of hydrogen-bond donors (Lipinski definition) is 0. The Balaban J connectivity index is 1.04. The topological polar surface area (TPSA) is 89.5 Å². The molecule has 0 saturated carbocycles. The van der Waals surface area contributed by atoms with Gasteiger partial charge in [-0.2, -0.15) is 0 Å². The molecular weight excluding hydrogens is 705 g/mol. The van der Waals surface area contributed by atoms with Crippen LogP contribution in [0.1, 0.15) is 0 Å². The van der Waals surface area contributed by atoms with Crippen LogP contribution in [0, 0.1) is 0 Å². The number of esters is 2. The van der Waals surface area contributed by atoms with E-state index in [-0.39, 0.29) is 26.4 Å². The number of para-hydroxylation sites is 1. The standard InChI is InChI=1S/C48H42O8/c1-3-47(49)55-43(31-51-40-25-19-37(20-26-40)35-13-7-5-8-14-35)32-52-42-29-23-39(24-30-42)45-17-11-12-18-46(45)54-34-44(56-48(50)4-2)33-53-41-27-21-38(22-28-41)36-15-9-6-10-16-36/h3-30,43-44H,1-2,31-34H2. The van der Waals surface area contributed by atoms with Crippen LogP contribution in [-0.4, -0.2) is 50.6 Å². The van der Waals surface area contributed by atoms with Crippen LogP contribution in [0.2, 0.25) is 0 Å². The molecule has 6 rings (SSSR count). The summed E-state index contributed by atoms with van der Waals surface area (Å²) in [4.78, 5) is 24.3. The maximum Gasteiger partial charge on any atom is 0.330 e. The molecule has 0 bridgehead atoms. The highest BCUT2D eigenvalue weighted by atomic mass is 16.6. The van der Waals surface area contributed by atoms with Crippen LogP contribution in [0.5, 0.6) is 23.0 Å². The van der Waals surface area contributed by atoms with E-state index in [1.165, 1.54) is 0 Å².